The summed E-state index contributed by atoms with van der Waals surface area (Å²) in [5, 5.41) is 3.19. The number of nitrogens with one attached hydrogen (secondary N) is 1. The van der Waals surface area contributed by atoms with E-state index in [9.17, 15) is 0 Å². The minimum absolute atomic E-state index is 0.370. The molecular weight excluding hydrogens is 244 g/mol. The molecule has 2 aromatic heterocycles. The second-order valence-corrected chi connectivity index (χ2v) is 4.36. The van der Waals surface area contributed by atoms with Gasteiger partial charge in [-0.3, -0.25) is 4.98 Å². The van der Waals surface area contributed by atoms with Crippen LogP contribution in [0.2, 0.25) is 0 Å². The Kier molecular flexibility index (Phi) is 3.84. The normalized spacial score (nSPS) is 10.1. The third kappa shape index (κ3) is 3.24. The maximum Gasteiger partial charge on any atom is 0.126 e. The molecule has 0 saturated heterocycles. The summed E-state index contributed by atoms with van der Waals surface area (Å²) < 4.78 is 0. The number of thiocarbonyl (C=S) groups is 1. The van der Waals surface area contributed by atoms with Crippen molar-refractivity contribution in [2.45, 2.75) is 13.5 Å². The molecule has 18 heavy (non-hydrogen) atoms. The smallest absolute Gasteiger partial charge is 0.126 e. The molecule has 0 aromatic carbocycles. The van der Waals surface area contributed by atoms with Gasteiger partial charge in [0.2, 0.25) is 0 Å². The molecular formula is C13H14N4S. The van der Waals surface area contributed by atoms with Gasteiger partial charge in [-0.15, -0.1) is 0 Å². The number of rotatable bonds is 4. The maximum atomic E-state index is 5.57. The second-order valence-electron chi connectivity index (χ2n) is 3.92. The summed E-state index contributed by atoms with van der Waals surface area (Å²) in [5.41, 5.74) is 8.35. The van der Waals surface area contributed by atoms with E-state index < -0.39 is 0 Å². The van der Waals surface area contributed by atoms with E-state index in [1.165, 1.54) is 0 Å². The summed E-state index contributed by atoms with van der Waals surface area (Å²) in [7, 11) is 0. The molecule has 0 aliphatic rings. The van der Waals surface area contributed by atoms with Gasteiger partial charge in [0.15, 0.2) is 0 Å². The van der Waals surface area contributed by atoms with E-state index in [0.717, 1.165) is 22.8 Å². The van der Waals surface area contributed by atoms with Gasteiger partial charge in [0.05, 0.1) is 12.2 Å². The molecule has 0 radical (unpaired) electrons. The van der Waals surface area contributed by atoms with E-state index in [4.69, 9.17) is 18.0 Å². The Morgan fingerprint density at radius 3 is 2.94 bits per heavy atom. The Hall–Kier alpha value is -2.01. The molecule has 0 bridgehead atoms. The first-order valence-electron chi connectivity index (χ1n) is 5.57. The van der Waals surface area contributed by atoms with Crippen molar-refractivity contribution < 1.29 is 0 Å². The SMILES string of the molecule is Cc1cccc(CNc2cc(C(N)=S)ccn2)n1. The molecule has 0 unspecified atom stereocenters. The van der Waals surface area contributed by atoms with E-state index >= 15 is 0 Å². The average Bonchev–Trinajstić information content (AvgIpc) is 2.37. The van der Waals surface area contributed by atoms with Gasteiger partial charge in [0.1, 0.15) is 10.8 Å². The van der Waals surface area contributed by atoms with Gasteiger partial charge in [0.25, 0.3) is 0 Å². The fraction of sp³-hybridized carbons (Fsp3) is 0.154. The molecule has 2 heterocycles. The molecule has 5 heteroatoms. The van der Waals surface area contributed by atoms with Crippen LogP contribution in [0.3, 0.4) is 0 Å². The van der Waals surface area contributed by atoms with Crippen molar-refractivity contribution in [2.75, 3.05) is 5.32 Å². The highest BCUT2D eigenvalue weighted by atomic mass is 32.1. The van der Waals surface area contributed by atoms with Gasteiger partial charge >= 0.3 is 0 Å². The summed E-state index contributed by atoms with van der Waals surface area (Å²) in [4.78, 5) is 8.98. The predicted octanol–water partition coefficient (Wildman–Crippen LogP) is 2.03. The van der Waals surface area contributed by atoms with Crippen molar-refractivity contribution in [2.24, 2.45) is 5.73 Å². The number of nitrogens with zero attached hydrogens (tertiary/aromatic N) is 2. The van der Waals surface area contributed by atoms with Crippen LogP contribution < -0.4 is 11.1 Å². The molecule has 0 aliphatic carbocycles. The highest BCUT2D eigenvalue weighted by molar-refractivity contribution is 7.80. The summed E-state index contributed by atoms with van der Waals surface area (Å²) in [6, 6.07) is 9.54. The lowest BCUT2D eigenvalue weighted by Crippen LogP contribution is -2.10. The maximum absolute atomic E-state index is 5.57. The fourth-order valence-electron chi connectivity index (χ4n) is 1.56. The number of hydrogen-bond acceptors (Lipinski definition) is 4. The van der Waals surface area contributed by atoms with E-state index in [1.807, 2.05) is 31.2 Å². The standard InChI is InChI=1S/C13H14N4S/c1-9-3-2-4-11(17-9)8-16-12-7-10(13(14)18)5-6-15-12/h2-7H,8H2,1H3,(H2,14,18)(H,15,16). The number of anilines is 1. The van der Waals surface area contributed by atoms with Crippen LogP contribution in [0.15, 0.2) is 36.5 Å². The molecule has 4 nitrogen and oxygen atoms in total. The Bertz CT molecular complexity index is 568. The first kappa shape index (κ1) is 12.4. The lowest BCUT2D eigenvalue weighted by molar-refractivity contribution is 1.00. The van der Waals surface area contributed by atoms with Crippen molar-refractivity contribution in [1.82, 2.24) is 9.97 Å². The zero-order valence-electron chi connectivity index (χ0n) is 10.1. The first-order chi connectivity index (χ1) is 8.65. The second kappa shape index (κ2) is 5.55. The van der Waals surface area contributed by atoms with Crippen LogP contribution in [0.25, 0.3) is 0 Å². The van der Waals surface area contributed by atoms with Crippen LogP contribution in [-0.4, -0.2) is 15.0 Å². The molecule has 0 saturated carbocycles. The highest BCUT2D eigenvalue weighted by Crippen LogP contribution is 2.08. The zero-order valence-corrected chi connectivity index (χ0v) is 10.9. The van der Waals surface area contributed by atoms with E-state index in [0.29, 0.717) is 11.5 Å². The number of hydrogen-bond donors (Lipinski definition) is 2. The van der Waals surface area contributed by atoms with E-state index in [1.54, 1.807) is 12.3 Å². The van der Waals surface area contributed by atoms with Gasteiger partial charge in [-0.1, -0.05) is 18.3 Å². The number of nitrogens with two attached hydrogens (primary N) is 1. The Balaban J connectivity index is 2.06. The van der Waals surface area contributed by atoms with Crippen LogP contribution >= 0.6 is 12.2 Å². The lowest BCUT2D eigenvalue weighted by atomic mass is 10.2. The van der Waals surface area contributed by atoms with Crippen LogP contribution in [0.1, 0.15) is 17.0 Å². The molecule has 0 fully saturated rings. The highest BCUT2D eigenvalue weighted by Gasteiger charge is 2.00. The first-order valence-corrected chi connectivity index (χ1v) is 5.98. The number of aryl methyl sites for hydroxylation is 1. The van der Waals surface area contributed by atoms with Gasteiger partial charge in [-0.05, 0) is 31.2 Å². The molecule has 0 atom stereocenters. The third-order valence-corrected chi connectivity index (χ3v) is 2.68. The Morgan fingerprint density at radius 2 is 2.22 bits per heavy atom. The Labute approximate surface area is 111 Å². The van der Waals surface area contributed by atoms with Crippen molar-refractivity contribution in [3.63, 3.8) is 0 Å². The van der Waals surface area contributed by atoms with Gasteiger partial charge in [-0.25, -0.2) is 4.98 Å². The van der Waals surface area contributed by atoms with Crippen molar-refractivity contribution in [1.29, 1.82) is 0 Å². The number of aromatic nitrogens is 2. The summed E-state index contributed by atoms with van der Waals surface area (Å²) in [6.45, 7) is 2.59. The minimum Gasteiger partial charge on any atom is -0.389 e. The molecule has 2 aromatic rings. The molecule has 2 rings (SSSR count). The van der Waals surface area contributed by atoms with Crippen molar-refractivity contribution >= 4 is 23.0 Å². The van der Waals surface area contributed by atoms with Crippen LogP contribution in [0.4, 0.5) is 5.82 Å². The molecule has 0 aliphatic heterocycles. The van der Waals surface area contributed by atoms with Crippen LogP contribution in [0, 0.1) is 6.92 Å². The predicted molar refractivity (Wildman–Crippen MR) is 76.4 cm³/mol. The Morgan fingerprint density at radius 1 is 1.39 bits per heavy atom. The molecule has 92 valence electrons. The third-order valence-electron chi connectivity index (χ3n) is 2.44. The van der Waals surface area contributed by atoms with Crippen LogP contribution in [0.5, 0.6) is 0 Å². The van der Waals surface area contributed by atoms with Gasteiger partial charge < -0.3 is 11.1 Å². The van der Waals surface area contributed by atoms with E-state index in [2.05, 4.69) is 15.3 Å². The summed E-state index contributed by atoms with van der Waals surface area (Å²) in [5.74, 6) is 0.739. The van der Waals surface area contributed by atoms with Crippen molar-refractivity contribution in [3.8, 4) is 0 Å². The zero-order chi connectivity index (χ0) is 13.0. The largest absolute Gasteiger partial charge is 0.389 e. The topological polar surface area (TPSA) is 63.8 Å². The summed E-state index contributed by atoms with van der Waals surface area (Å²) >= 11 is 4.93. The van der Waals surface area contributed by atoms with Gasteiger partial charge in [-0.2, -0.15) is 0 Å². The van der Waals surface area contributed by atoms with Gasteiger partial charge in [0, 0.05) is 17.5 Å². The number of pyridine rings is 2. The monoisotopic (exact) mass is 258 g/mol. The molecule has 3 N–H and O–H groups in total. The quantitative estimate of drug-likeness (QED) is 0.822. The average molecular weight is 258 g/mol. The molecule has 0 amide bonds. The molecule has 0 spiro atoms. The van der Waals surface area contributed by atoms with Crippen LogP contribution in [-0.2, 0) is 6.54 Å². The fourth-order valence-corrected chi connectivity index (χ4v) is 1.69. The lowest BCUT2D eigenvalue weighted by Gasteiger charge is -2.07. The minimum atomic E-state index is 0.370. The van der Waals surface area contributed by atoms with E-state index in [-0.39, 0.29) is 0 Å². The summed E-state index contributed by atoms with van der Waals surface area (Å²) in [6.07, 6.45) is 1.68. The van der Waals surface area contributed by atoms with Crippen molar-refractivity contribution in [3.05, 3.63) is 53.5 Å².